The Morgan fingerprint density at radius 1 is 1.05 bits per heavy atom. The van der Waals surface area contributed by atoms with Gasteiger partial charge in [0.25, 0.3) is 11.7 Å². The van der Waals surface area contributed by atoms with Gasteiger partial charge in [0, 0.05) is 24.5 Å². The number of aliphatic hydroxyl groups is 1. The molecule has 8 nitrogen and oxygen atoms in total. The SMILES string of the molecule is COc1ccc([C@H]2/C(=C(\O)c3ccc(OCC(C)C)cc3C)C(=O)C(=O)N2Cc2cccnc2)cc1OC. The lowest BCUT2D eigenvalue weighted by Crippen LogP contribution is -2.29. The number of hydrogen-bond acceptors (Lipinski definition) is 7. The molecule has 1 atom stereocenters. The fraction of sp³-hybridized carbons (Fsp3) is 0.300. The van der Waals surface area contributed by atoms with E-state index >= 15 is 0 Å². The molecule has 0 bridgehead atoms. The van der Waals surface area contributed by atoms with Crippen molar-refractivity contribution >= 4 is 17.4 Å². The maximum atomic E-state index is 13.4. The molecule has 198 valence electrons. The van der Waals surface area contributed by atoms with Gasteiger partial charge in [-0.15, -0.1) is 0 Å². The Morgan fingerprint density at radius 2 is 1.82 bits per heavy atom. The summed E-state index contributed by atoms with van der Waals surface area (Å²) in [5.74, 6) is 0.273. The number of hydrogen-bond donors (Lipinski definition) is 1. The molecule has 4 rings (SSSR count). The number of carbonyl (C=O) groups is 2. The van der Waals surface area contributed by atoms with Crippen LogP contribution in [0.3, 0.4) is 0 Å². The highest BCUT2D eigenvalue weighted by Crippen LogP contribution is 2.43. The summed E-state index contributed by atoms with van der Waals surface area (Å²) in [7, 11) is 3.05. The molecule has 0 aliphatic carbocycles. The van der Waals surface area contributed by atoms with Gasteiger partial charge in [0.05, 0.1) is 32.4 Å². The first-order chi connectivity index (χ1) is 18.2. The van der Waals surface area contributed by atoms with Crippen molar-refractivity contribution in [3.63, 3.8) is 0 Å². The lowest BCUT2D eigenvalue weighted by atomic mass is 9.93. The van der Waals surface area contributed by atoms with E-state index < -0.39 is 17.7 Å². The number of Topliss-reactive ketones (excluding diaryl/α,β-unsaturated/α-hetero) is 1. The molecule has 0 radical (unpaired) electrons. The minimum atomic E-state index is -0.855. The minimum Gasteiger partial charge on any atom is -0.507 e. The number of nitrogens with zero attached hydrogens (tertiary/aromatic N) is 2. The van der Waals surface area contributed by atoms with Crippen LogP contribution in [0.15, 0.2) is 66.5 Å². The Labute approximate surface area is 222 Å². The summed E-state index contributed by atoms with van der Waals surface area (Å²) in [6.07, 6.45) is 3.28. The summed E-state index contributed by atoms with van der Waals surface area (Å²) in [6.45, 7) is 6.64. The predicted molar refractivity (Wildman–Crippen MR) is 143 cm³/mol. The lowest BCUT2D eigenvalue weighted by Gasteiger charge is -2.26. The third-order valence-corrected chi connectivity index (χ3v) is 6.38. The molecule has 3 aromatic rings. The molecular formula is C30H32N2O6. The van der Waals surface area contributed by atoms with Crippen LogP contribution in [0.5, 0.6) is 17.2 Å². The molecule has 1 aromatic heterocycles. The Morgan fingerprint density at radius 3 is 2.45 bits per heavy atom. The van der Waals surface area contributed by atoms with E-state index in [1.807, 2.05) is 19.1 Å². The first kappa shape index (κ1) is 26.7. The number of rotatable bonds is 9. The number of ketones is 1. The number of pyridine rings is 1. The fourth-order valence-corrected chi connectivity index (χ4v) is 4.50. The van der Waals surface area contributed by atoms with E-state index in [1.165, 1.54) is 19.1 Å². The van der Waals surface area contributed by atoms with Crippen LogP contribution in [-0.4, -0.2) is 47.5 Å². The number of carbonyl (C=O) groups excluding carboxylic acids is 2. The molecule has 0 saturated carbocycles. The fourth-order valence-electron chi connectivity index (χ4n) is 4.50. The normalized spacial score (nSPS) is 16.7. The quantitative estimate of drug-likeness (QED) is 0.241. The molecule has 1 amide bonds. The second-order valence-corrected chi connectivity index (χ2v) is 9.58. The number of ether oxygens (including phenoxy) is 3. The minimum absolute atomic E-state index is 0.00468. The Bertz CT molecular complexity index is 1370. The number of aromatic nitrogens is 1. The number of benzene rings is 2. The van der Waals surface area contributed by atoms with Crippen LogP contribution >= 0.6 is 0 Å². The summed E-state index contributed by atoms with van der Waals surface area (Å²) in [6, 6.07) is 13.2. The van der Waals surface area contributed by atoms with Gasteiger partial charge in [-0.1, -0.05) is 26.0 Å². The van der Waals surface area contributed by atoms with Gasteiger partial charge < -0.3 is 24.2 Å². The van der Waals surface area contributed by atoms with E-state index in [-0.39, 0.29) is 17.9 Å². The first-order valence-electron chi connectivity index (χ1n) is 12.4. The van der Waals surface area contributed by atoms with Crippen LogP contribution in [0.25, 0.3) is 5.76 Å². The second kappa shape index (κ2) is 11.4. The van der Waals surface area contributed by atoms with Gasteiger partial charge in [-0.3, -0.25) is 14.6 Å². The molecule has 1 fully saturated rings. The zero-order valence-corrected chi connectivity index (χ0v) is 22.2. The van der Waals surface area contributed by atoms with Crippen LogP contribution in [-0.2, 0) is 16.1 Å². The molecule has 2 heterocycles. The highest BCUT2D eigenvalue weighted by atomic mass is 16.5. The van der Waals surface area contributed by atoms with Crippen LogP contribution in [0.4, 0.5) is 0 Å². The van der Waals surface area contributed by atoms with Crippen molar-refractivity contribution in [2.24, 2.45) is 5.92 Å². The molecular weight excluding hydrogens is 484 g/mol. The highest BCUT2D eigenvalue weighted by molar-refractivity contribution is 6.46. The van der Waals surface area contributed by atoms with Crippen LogP contribution in [0.2, 0.25) is 0 Å². The smallest absolute Gasteiger partial charge is 0.295 e. The molecule has 1 N–H and O–H groups in total. The van der Waals surface area contributed by atoms with Gasteiger partial charge in [0.1, 0.15) is 11.5 Å². The van der Waals surface area contributed by atoms with E-state index in [1.54, 1.807) is 48.8 Å². The van der Waals surface area contributed by atoms with Gasteiger partial charge >= 0.3 is 0 Å². The highest BCUT2D eigenvalue weighted by Gasteiger charge is 2.46. The molecule has 8 heteroatoms. The monoisotopic (exact) mass is 516 g/mol. The summed E-state index contributed by atoms with van der Waals surface area (Å²) in [5, 5.41) is 11.5. The Balaban J connectivity index is 1.84. The lowest BCUT2D eigenvalue weighted by molar-refractivity contribution is -0.140. The topological polar surface area (TPSA) is 98.2 Å². The predicted octanol–water partition coefficient (Wildman–Crippen LogP) is 5.06. The molecule has 1 saturated heterocycles. The average Bonchev–Trinajstić information content (AvgIpc) is 3.16. The largest absolute Gasteiger partial charge is 0.507 e. The van der Waals surface area contributed by atoms with Gasteiger partial charge in [0.15, 0.2) is 11.5 Å². The third-order valence-electron chi connectivity index (χ3n) is 6.38. The summed E-state index contributed by atoms with van der Waals surface area (Å²) in [4.78, 5) is 32.4. The number of methoxy groups -OCH3 is 2. The molecule has 0 spiro atoms. The van der Waals surface area contributed by atoms with Crippen molar-refractivity contribution in [3.8, 4) is 17.2 Å². The van der Waals surface area contributed by atoms with Crippen LogP contribution in [0, 0.1) is 12.8 Å². The van der Waals surface area contributed by atoms with Gasteiger partial charge in [-0.2, -0.15) is 0 Å². The maximum absolute atomic E-state index is 13.4. The number of amides is 1. The van der Waals surface area contributed by atoms with Crippen LogP contribution in [0.1, 0.15) is 42.1 Å². The zero-order valence-electron chi connectivity index (χ0n) is 22.2. The van der Waals surface area contributed by atoms with E-state index in [0.717, 1.165) is 5.56 Å². The summed E-state index contributed by atoms with van der Waals surface area (Å²) < 4.78 is 16.7. The van der Waals surface area contributed by atoms with Crippen molar-refractivity contribution in [1.82, 2.24) is 9.88 Å². The maximum Gasteiger partial charge on any atom is 0.295 e. The van der Waals surface area contributed by atoms with E-state index in [2.05, 4.69) is 18.8 Å². The number of aliphatic hydroxyl groups excluding tert-OH is 1. The first-order valence-corrected chi connectivity index (χ1v) is 12.4. The van der Waals surface area contributed by atoms with E-state index in [9.17, 15) is 14.7 Å². The van der Waals surface area contributed by atoms with Crippen molar-refractivity contribution in [3.05, 3.63) is 88.8 Å². The Kier molecular flexibility index (Phi) is 8.00. The third kappa shape index (κ3) is 5.34. The van der Waals surface area contributed by atoms with Crippen LogP contribution < -0.4 is 14.2 Å². The van der Waals surface area contributed by atoms with Gasteiger partial charge in [-0.05, 0) is 65.9 Å². The van der Waals surface area contributed by atoms with Crippen molar-refractivity contribution in [2.75, 3.05) is 20.8 Å². The molecule has 1 aliphatic heterocycles. The average molecular weight is 517 g/mol. The molecule has 38 heavy (non-hydrogen) atoms. The summed E-state index contributed by atoms with van der Waals surface area (Å²) in [5.41, 5.74) is 2.52. The van der Waals surface area contributed by atoms with E-state index in [4.69, 9.17) is 14.2 Å². The molecule has 0 unspecified atom stereocenters. The zero-order chi connectivity index (χ0) is 27.4. The number of likely N-dealkylation sites (tertiary alicyclic amines) is 1. The van der Waals surface area contributed by atoms with Gasteiger partial charge in [-0.25, -0.2) is 0 Å². The molecule has 2 aromatic carbocycles. The Hall–Kier alpha value is -4.33. The van der Waals surface area contributed by atoms with Crippen molar-refractivity contribution in [2.45, 2.75) is 33.4 Å². The summed E-state index contributed by atoms with van der Waals surface area (Å²) >= 11 is 0. The molecule has 1 aliphatic rings. The van der Waals surface area contributed by atoms with Gasteiger partial charge in [0.2, 0.25) is 0 Å². The van der Waals surface area contributed by atoms with Crippen molar-refractivity contribution < 1.29 is 28.9 Å². The van der Waals surface area contributed by atoms with Crippen molar-refractivity contribution in [1.29, 1.82) is 0 Å². The number of aryl methyl sites for hydroxylation is 1. The standard InChI is InChI=1S/C30H32N2O6/c1-18(2)17-38-22-9-10-23(19(3)13-22)28(33)26-27(21-8-11-24(36-4)25(14-21)37-5)32(30(35)29(26)34)16-20-7-6-12-31-15-20/h6-15,18,27,33H,16-17H2,1-5H3/b28-26+/t27-/m0/s1. The van der Waals surface area contributed by atoms with E-state index in [0.29, 0.717) is 46.5 Å². The second-order valence-electron chi connectivity index (χ2n) is 9.58.